The number of aryl methyl sites for hydroxylation is 1. The van der Waals surface area contributed by atoms with Gasteiger partial charge in [-0.3, -0.25) is 9.59 Å². The van der Waals surface area contributed by atoms with Crippen LogP contribution in [-0.4, -0.2) is 30.7 Å². The lowest BCUT2D eigenvalue weighted by Gasteiger charge is -2.12. The third kappa shape index (κ3) is 4.84. The Morgan fingerprint density at radius 1 is 1.33 bits per heavy atom. The molecule has 2 aromatic rings. The first-order valence-electron chi connectivity index (χ1n) is 7.36. The fourth-order valence-corrected chi connectivity index (χ4v) is 2.30. The lowest BCUT2D eigenvalue weighted by atomic mass is 10.2. The largest absolute Gasteiger partial charge is 0.483 e. The summed E-state index contributed by atoms with van der Waals surface area (Å²) >= 11 is 5.92. The zero-order valence-electron chi connectivity index (χ0n) is 13.5. The second kappa shape index (κ2) is 8.52. The van der Waals surface area contributed by atoms with Crippen molar-refractivity contribution >= 4 is 17.5 Å². The highest BCUT2D eigenvalue weighted by molar-refractivity contribution is 6.30. The molecule has 1 N–H and O–H groups in total. The van der Waals surface area contributed by atoms with Gasteiger partial charge in [-0.15, -0.1) is 0 Å². The summed E-state index contributed by atoms with van der Waals surface area (Å²) in [6, 6.07) is 8.46. The molecule has 1 amide bonds. The van der Waals surface area contributed by atoms with E-state index in [-0.39, 0.29) is 29.4 Å². The molecule has 0 saturated carbocycles. The molecule has 0 spiro atoms. The number of halogens is 1. The average molecular weight is 351 g/mol. The molecule has 0 aliphatic rings. The van der Waals surface area contributed by atoms with Crippen molar-refractivity contribution in [2.75, 3.05) is 20.3 Å². The molecule has 0 unspecified atom stereocenters. The molecule has 1 aromatic heterocycles. The van der Waals surface area contributed by atoms with Crippen LogP contribution in [0.5, 0.6) is 5.75 Å². The molecule has 0 saturated heterocycles. The number of benzene rings is 1. The van der Waals surface area contributed by atoms with Crippen molar-refractivity contribution in [1.82, 2.24) is 9.88 Å². The lowest BCUT2D eigenvalue weighted by molar-refractivity contribution is 0.0928. The standard InChI is InChI=1S/C17H19ClN2O4/c1-20-10-16(24-11-12-4-3-5-13(18)8-12)15(21)9-14(20)17(22)19-6-7-23-2/h3-5,8-10H,6-7,11H2,1-2H3,(H,19,22). The molecule has 1 aromatic carbocycles. The van der Waals surface area contributed by atoms with Crippen LogP contribution in [0, 0.1) is 0 Å². The van der Waals surface area contributed by atoms with Crippen molar-refractivity contribution in [3.05, 3.63) is 63.0 Å². The van der Waals surface area contributed by atoms with Crippen molar-refractivity contribution in [1.29, 1.82) is 0 Å². The number of rotatable bonds is 7. The number of pyridine rings is 1. The Labute approximate surface area is 145 Å². The van der Waals surface area contributed by atoms with Gasteiger partial charge in [0.1, 0.15) is 12.3 Å². The second-order valence-corrected chi connectivity index (χ2v) is 5.60. The second-order valence-electron chi connectivity index (χ2n) is 5.17. The summed E-state index contributed by atoms with van der Waals surface area (Å²) in [4.78, 5) is 24.2. The van der Waals surface area contributed by atoms with Gasteiger partial charge in [0.15, 0.2) is 5.75 Å². The molecule has 0 aliphatic carbocycles. The molecular weight excluding hydrogens is 332 g/mol. The minimum atomic E-state index is -0.355. The number of carbonyl (C=O) groups is 1. The fraction of sp³-hybridized carbons (Fsp3) is 0.294. The molecule has 6 nitrogen and oxygen atoms in total. The Kier molecular flexibility index (Phi) is 6.40. The number of nitrogens with one attached hydrogen (secondary N) is 1. The number of aromatic nitrogens is 1. The van der Waals surface area contributed by atoms with Crippen LogP contribution in [0.2, 0.25) is 5.02 Å². The number of methoxy groups -OCH3 is 1. The van der Waals surface area contributed by atoms with Crippen LogP contribution in [0.25, 0.3) is 0 Å². The zero-order valence-corrected chi connectivity index (χ0v) is 14.3. The van der Waals surface area contributed by atoms with Crippen LogP contribution in [0.4, 0.5) is 0 Å². The van der Waals surface area contributed by atoms with Crippen molar-refractivity contribution in [3.8, 4) is 5.75 Å². The maximum atomic E-state index is 12.1. The first-order valence-corrected chi connectivity index (χ1v) is 7.74. The highest BCUT2D eigenvalue weighted by Gasteiger charge is 2.12. The van der Waals surface area contributed by atoms with E-state index in [0.29, 0.717) is 18.2 Å². The van der Waals surface area contributed by atoms with E-state index < -0.39 is 0 Å². The van der Waals surface area contributed by atoms with Gasteiger partial charge >= 0.3 is 0 Å². The summed E-state index contributed by atoms with van der Waals surface area (Å²) in [5, 5.41) is 3.28. The predicted molar refractivity (Wildman–Crippen MR) is 91.7 cm³/mol. The first kappa shape index (κ1) is 18.0. The number of nitrogens with zero attached hydrogens (tertiary/aromatic N) is 1. The van der Waals surface area contributed by atoms with E-state index in [2.05, 4.69) is 5.32 Å². The Morgan fingerprint density at radius 3 is 2.83 bits per heavy atom. The van der Waals surface area contributed by atoms with Crippen LogP contribution in [0.3, 0.4) is 0 Å². The topological polar surface area (TPSA) is 69.6 Å². The maximum Gasteiger partial charge on any atom is 0.268 e. The van der Waals surface area contributed by atoms with Gasteiger partial charge in [0, 0.05) is 31.8 Å². The van der Waals surface area contributed by atoms with Crippen molar-refractivity contribution in [3.63, 3.8) is 0 Å². The third-order valence-corrected chi connectivity index (χ3v) is 3.54. The monoisotopic (exact) mass is 350 g/mol. The van der Waals surface area contributed by atoms with Gasteiger partial charge in [-0.25, -0.2) is 0 Å². The molecule has 128 valence electrons. The van der Waals surface area contributed by atoms with Gasteiger partial charge in [0.05, 0.1) is 12.8 Å². The van der Waals surface area contributed by atoms with Crippen LogP contribution >= 0.6 is 11.6 Å². The molecule has 1 heterocycles. The van der Waals surface area contributed by atoms with Crippen molar-refractivity contribution in [2.24, 2.45) is 7.05 Å². The summed E-state index contributed by atoms with van der Waals surface area (Å²) in [5.74, 6) is -0.168. The van der Waals surface area contributed by atoms with Crippen LogP contribution in [0.1, 0.15) is 16.1 Å². The number of amides is 1. The minimum Gasteiger partial charge on any atom is -0.483 e. The SMILES string of the molecule is COCCNC(=O)c1cc(=O)c(OCc2cccc(Cl)c2)cn1C. The van der Waals surface area contributed by atoms with Crippen LogP contribution in [-0.2, 0) is 18.4 Å². The number of ether oxygens (including phenoxy) is 2. The molecule has 24 heavy (non-hydrogen) atoms. The molecule has 0 radical (unpaired) electrons. The van der Waals surface area contributed by atoms with Gasteiger partial charge in [-0.2, -0.15) is 0 Å². The molecule has 0 aliphatic heterocycles. The van der Waals surface area contributed by atoms with Gasteiger partial charge in [0.2, 0.25) is 5.43 Å². The number of hydrogen-bond donors (Lipinski definition) is 1. The highest BCUT2D eigenvalue weighted by atomic mass is 35.5. The van der Waals surface area contributed by atoms with Gasteiger partial charge in [-0.1, -0.05) is 23.7 Å². The molecule has 2 rings (SSSR count). The Balaban J connectivity index is 2.09. The molecular formula is C17H19ClN2O4. The van der Waals surface area contributed by atoms with Gasteiger partial charge < -0.3 is 19.4 Å². The van der Waals surface area contributed by atoms with Crippen LogP contribution in [0.15, 0.2) is 41.3 Å². The summed E-state index contributed by atoms with van der Waals surface area (Å²) in [7, 11) is 3.23. The van der Waals surface area contributed by atoms with Crippen LogP contribution < -0.4 is 15.5 Å². The smallest absolute Gasteiger partial charge is 0.268 e. The van der Waals surface area contributed by atoms with E-state index in [1.807, 2.05) is 12.1 Å². The quantitative estimate of drug-likeness (QED) is 0.775. The van der Waals surface area contributed by atoms with E-state index >= 15 is 0 Å². The highest BCUT2D eigenvalue weighted by Crippen LogP contribution is 2.13. The summed E-state index contributed by atoms with van der Waals surface area (Å²) in [6.45, 7) is 0.992. The fourth-order valence-electron chi connectivity index (χ4n) is 2.09. The van der Waals surface area contributed by atoms with Crippen molar-refractivity contribution < 1.29 is 14.3 Å². The molecule has 0 fully saturated rings. The van der Waals surface area contributed by atoms with E-state index in [1.54, 1.807) is 30.9 Å². The van der Waals surface area contributed by atoms with Gasteiger partial charge in [0.25, 0.3) is 5.91 Å². The molecule has 7 heteroatoms. The Morgan fingerprint density at radius 2 is 2.12 bits per heavy atom. The minimum absolute atomic E-state index is 0.172. The Bertz CT molecular complexity index is 773. The maximum absolute atomic E-state index is 12.1. The Hall–Kier alpha value is -2.31. The van der Waals surface area contributed by atoms with E-state index in [9.17, 15) is 9.59 Å². The number of carbonyl (C=O) groups excluding carboxylic acids is 1. The van der Waals surface area contributed by atoms with Crippen molar-refractivity contribution in [2.45, 2.75) is 6.61 Å². The molecule has 0 bridgehead atoms. The summed E-state index contributed by atoms with van der Waals surface area (Å²) in [6.07, 6.45) is 1.50. The summed E-state index contributed by atoms with van der Waals surface area (Å²) < 4.78 is 12.0. The number of hydrogen-bond acceptors (Lipinski definition) is 4. The average Bonchev–Trinajstić information content (AvgIpc) is 2.55. The predicted octanol–water partition coefficient (Wildman–Crippen LogP) is 1.99. The van der Waals surface area contributed by atoms with E-state index in [4.69, 9.17) is 21.1 Å². The first-order chi connectivity index (χ1) is 11.5. The lowest BCUT2D eigenvalue weighted by Crippen LogP contribution is -2.30. The molecule has 0 atom stereocenters. The summed E-state index contributed by atoms with van der Waals surface area (Å²) in [5.41, 5.74) is 0.754. The third-order valence-electron chi connectivity index (χ3n) is 3.31. The van der Waals surface area contributed by atoms with E-state index in [0.717, 1.165) is 5.56 Å². The van der Waals surface area contributed by atoms with Gasteiger partial charge in [-0.05, 0) is 17.7 Å². The normalized spacial score (nSPS) is 10.5. The zero-order chi connectivity index (χ0) is 17.5. The van der Waals surface area contributed by atoms with E-state index in [1.165, 1.54) is 12.3 Å².